The molecule has 0 saturated heterocycles. The highest BCUT2D eigenvalue weighted by molar-refractivity contribution is 6.50. The Kier molecular flexibility index (Phi) is 7.11. The Labute approximate surface area is 200 Å². The highest BCUT2D eigenvalue weighted by Crippen LogP contribution is 2.61. The minimum atomic E-state index is -1.27. The monoisotopic (exact) mass is 472 g/mol. The summed E-state index contributed by atoms with van der Waals surface area (Å²) < 4.78 is 0. The van der Waals surface area contributed by atoms with E-state index in [9.17, 15) is 34.8 Å². The molecule has 4 N–H and O–H groups in total. The lowest BCUT2D eigenvalue weighted by Gasteiger charge is -2.50. The molecular weight excluding hydrogens is 436 g/mol. The number of hydrogen-bond donors (Lipinski definition) is 4. The van der Waals surface area contributed by atoms with E-state index in [2.05, 4.69) is 0 Å². The SMILES string of the molecule is CC(C)=CCC/C(=C/CC[C@@]1(C)C2=C(C(O)=C(C)C(=O)C2=O)[C@H](O)[C@@H]2[C@@H]1CCC2(C)O)C(=O)O. The predicted octanol–water partition coefficient (Wildman–Crippen LogP) is 3.96. The van der Waals surface area contributed by atoms with Gasteiger partial charge < -0.3 is 20.4 Å². The molecule has 3 aliphatic carbocycles. The molecule has 1 saturated carbocycles. The second-order valence-electron chi connectivity index (χ2n) is 10.7. The van der Waals surface area contributed by atoms with Crippen molar-refractivity contribution in [2.24, 2.45) is 17.3 Å². The van der Waals surface area contributed by atoms with Gasteiger partial charge in [0.1, 0.15) is 5.76 Å². The minimum absolute atomic E-state index is 0.0408. The van der Waals surface area contributed by atoms with Crippen LogP contribution in [-0.2, 0) is 14.4 Å². The van der Waals surface area contributed by atoms with Crippen LogP contribution in [0, 0.1) is 17.3 Å². The van der Waals surface area contributed by atoms with Gasteiger partial charge in [0.2, 0.25) is 11.6 Å². The lowest BCUT2D eigenvalue weighted by atomic mass is 9.54. The lowest BCUT2D eigenvalue weighted by molar-refractivity contribution is -0.135. The topological polar surface area (TPSA) is 132 Å². The van der Waals surface area contributed by atoms with Crippen LogP contribution in [-0.4, -0.2) is 49.7 Å². The van der Waals surface area contributed by atoms with Crippen molar-refractivity contribution >= 4 is 17.5 Å². The van der Waals surface area contributed by atoms with Crippen molar-refractivity contribution in [1.29, 1.82) is 0 Å². The van der Waals surface area contributed by atoms with E-state index in [-0.39, 0.29) is 34.0 Å². The van der Waals surface area contributed by atoms with Crippen LogP contribution in [0.25, 0.3) is 0 Å². The standard InChI is InChI=1S/C27H36O7/c1-14(2)8-6-9-16(25(32)33)10-7-12-26(4)17-11-13-27(5,34)19(17)23(30)18-20(26)24(31)22(29)15(3)21(18)28/h8,10,17,19,23,28,30,34H,6-7,9,11-13H2,1-5H3,(H,32,33)/b16-10-/t17-,19-,23-,26+,27?/m0/s1. The maximum atomic E-state index is 13.2. The first-order valence-corrected chi connectivity index (χ1v) is 11.9. The number of hydrogen-bond acceptors (Lipinski definition) is 6. The van der Waals surface area contributed by atoms with Gasteiger partial charge in [-0.2, -0.15) is 0 Å². The second-order valence-corrected chi connectivity index (χ2v) is 10.7. The molecule has 0 aromatic heterocycles. The van der Waals surface area contributed by atoms with Crippen LogP contribution < -0.4 is 0 Å². The minimum Gasteiger partial charge on any atom is -0.507 e. The average Bonchev–Trinajstić information content (AvgIpc) is 3.07. The molecule has 5 atom stereocenters. The summed E-state index contributed by atoms with van der Waals surface area (Å²) in [5.74, 6) is -3.82. The Bertz CT molecular complexity index is 1040. The number of carboxylic acid groups (broad SMARTS) is 1. The van der Waals surface area contributed by atoms with Gasteiger partial charge in [0.25, 0.3) is 0 Å². The second kappa shape index (κ2) is 9.27. The number of allylic oxidation sites excluding steroid dienone is 5. The molecule has 0 radical (unpaired) electrons. The fourth-order valence-corrected chi connectivity index (χ4v) is 6.23. The average molecular weight is 473 g/mol. The third kappa shape index (κ3) is 4.31. The summed E-state index contributed by atoms with van der Waals surface area (Å²) in [4.78, 5) is 37.6. The maximum absolute atomic E-state index is 13.2. The number of carbonyl (C=O) groups is 3. The number of rotatable bonds is 7. The summed E-state index contributed by atoms with van der Waals surface area (Å²) in [6.07, 6.45) is 5.01. The molecule has 1 fully saturated rings. The molecule has 0 heterocycles. The van der Waals surface area contributed by atoms with Crippen molar-refractivity contribution in [1.82, 2.24) is 0 Å². The molecule has 7 heteroatoms. The van der Waals surface area contributed by atoms with Crippen LogP contribution in [0.15, 0.2) is 45.8 Å². The number of carbonyl (C=O) groups excluding carboxylic acids is 2. The maximum Gasteiger partial charge on any atom is 0.331 e. The van der Waals surface area contributed by atoms with E-state index in [1.54, 1.807) is 13.0 Å². The van der Waals surface area contributed by atoms with Crippen LogP contribution in [0.2, 0.25) is 0 Å². The Balaban J connectivity index is 2.03. The first-order chi connectivity index (χ1) is 15.7. The van der Waals surface area contributed by atoms with Crippen LogP contribution >= 0.6 is 0 Å². The van der Waals surface area contributed by atoms with E-state index < -0.39 is 40.6 Å². The van der Waals surface area contributed by atoms with Gasteiger partial charge in [0, 0.05) is 33.6 Å². The van der Waals surface area contributed by atoms with Crippen molar-refractivity contribution in [3.05, 3.63) is 45.8 Å². The summed E-state index contributed by atoms with van der Waals surface area (Å²) in [5, 5.41) is 42.7. The number of ketones is 2. The highest BCUT2D eigenvalue weighted by atomic mass is 16.4. The Hall–Kier alpha value is -2.51. The number of Topliss-reactive ketones (excluding diaryl/α,β-unsaturated/α-hetero) is 2. The van der Waals surface area contributed by atoms with Crippen LogP contribution in [0.4, 0.5) is 0 Å². The van der Waals surface area contributed by atoms with Gasteiger partial charge in [-0.1, -0.05) is 24.6 Å². The summed E-state index contributed by atoms with van der Waals surface area (Å²) in [6, 6.07) is 0. The Morgan fingerprint density at radius 3 is 2.35 bits per heavy atom. The Morgan fingerprint density at radius 2 is 1.76 bits per heavy atom. The van der Waals surface area contributed by atoms with E-state index in [1.807, 2.05) is 26.8 Å². The van der Waals surface area contributed by atoms with Crippen molar-refractivity contribution in [2.75, 3.05) is 0 Å². The molecule has 3 aliphatic rings. The zero-order chi connectivity index (χ0) is 25.6. The predicted molar refractivity (Wildman–Crippen MR) is 127 cm³/mol. The number of carboxylic acids is 1. The van der Waals surface area contributed by atoms with Crippen molar-refractivity contribution in [3.8, 4) is 0 Å². The van der Waals surface area contributed by atoms with Crippen molar-refractivity contribution in [3.63, 3.8) is 0 Å². The molecule has 186 valence electrons. The van der Waals surface area contributed by atoms with Crippen LogP contribution in [0.5, 0.6) is 0 Å². The molecule has 0 aromatic carbocycles. The quantitative estimate of drug-likeness (QED) is 0.191. The third-order valence-electron chi connectivity index (χ3n) is 8.09. The van der Waals surface area contributed by atoms with E-state index in [0.717, 1.165) is 5.57 Å². The van der Waals surface area contributed by atoms with Crippen molar-refractivity contribution < 1.29 is 34.8 Å². The fraction of sp³-hybridized carbons (Fsp3) is 0.593. The molecule has 7 nitrogen and oxygen atoms in total. The van der Waals surface area contributed by atoms with Gasteiger partial charge in [0.15, 0.2) is 0 Å². The summed E-state index contributed by atoms with van der Waals surface area (Å²) >= 11 is 0. The highest BCUT2D eigenvalue weighted by Gasteiger charge is 2.62. The number of aliphatic hydroxyl groups excluding tert-OH is 2. The summed E-state index contributed by atoms with van der Waals surface area (Å²) in [6.45, 7) is 8.76. The zero-order valence-electron chi connectivity index (χ0n) is 20.6. The van der Waals surface area contributed by atoms with Gasteiger partial charge >= 0.3 is 5.97 Å². The third-order valence-corrected chi connectivity index (χ3v) is 8.09. The fourth-order valence-electron chi connectivity index (χ4n) is 6.23. The molecule has 34 heavy (non-hydrogen) atoms. The lowest BCUT2D eigenvalue weighted by Crippen LogP contribution is -2.53. The van der Waals surface area contributed by atoms with Gasteiger partial charge in [-0.3, -0.25) is 9.59 Å². The molecular formula is C27H36O7. The number of fused-ring (bicyclic) bond motifs is 1. The van der Waals surface area contributed by atoms with Crippen molar-refractivity contribution in [2.45, 2.75) is 84.8 Å². The normalized spacial score (nSPS) is 33.7. The first-order valence-electron chi connectivity index (χ1n) is 11.9. The summed E-state index contributed by atoms with van der Waals surface area (Å²) in [7, 11) is 0. The number of aliphatic hydroxyl groups is 3. The largest absolute Gasteiger partial charge is 0.507 e. The first kappa shape index (κ1) is 26.1. The smallest absolute Gasteiger partial charge is 0.331 e. The molecule has 0 bridgehead atoms. The van der Waals surface area contributed by atoms with Crippen LogP contribution in [0.1, 0.15) is 73.1 Å². The van der Waals surface area contributed by atoms with E-state index in [1.165, 1.54) is 6.92 Å². The Morgan fingerprint density at radius 1 is 1.12 bits per heavy atom. The van der Waals surface area contributed by atoms with Gasteiger partial charge in [-0.15, -0.1) is 0 Å². The molecule has 0 amide bonds. The van der Waals surface area contributed by atoms with E-state index in [0.29, 0.717) is 38.5 Å². The van der Waals surface area contributed by atoms with Crippen LogP contribution in [0.3, 0.4) is 0 Å². The molecule has 1 unspecified atom stereocenters. The number of aliphatic carboxylic acids is 1. The van der Waals surface area contributed by atoms with Gasteiger partial charge in [-0.25, -0.2) is 4.79 Å². The molecule has 0 aromatic rings. The van der Waals surface area contributed by atoms with Gasteiger partial charge in [-0.05, 0) is 72.1 Å². The zero-order valence-corrected chi connectivity index (χ0v) is 20.6. The molecule has 3 rings (SSSR count). The van der Waals surface area contributed by atoms with E-state index in [4.69, 9.17) is 0 Å². The molecule has 0 aliphatic heterocycles. The van der Waals surface area contributed by atoms with E-state index >= 15 is 0 Å². The van der Waals surface area contributed by atoms with Gasteiger partial charge in [0.05, 0.1) is 11.7 Å². The summed E-state index contributed by atoms with van der Waals surface area (Å²) in [5.41, 5.74) is -0.670. The molecule has 0 spiro atoms.